The van der Waals surface area contributed by atoms with Crippen LogP contribution < -0.4 is 5.32 Å². The molecule has 0 aliphatic rings. The molecule has 0 fully saturated rings. The first-order chi connectivity index (χ1) is 9.34. The number of Topliss-reactive ketones (excluding diaryl/α,β-unsaturated/α-hetero) is 1. The van der Waals surface area contributed by atoms with Crippen molar-refractivity contribution in [1.82, 2.24) is 5.32 Å². The van der Waals surface area contributed by atoms with Gasteiger partial charge in [0.05, 0.1) is 9.21 Å². The van der Waals surface area contributed by atoms with E-state index in [0.717, 1.165) is 0 Å². The summed E-state index contributed by atoms with van der Waals surface area (Å²) < 4.78 is 0.573. The van der Waals surface area contributed by atoms with Crippen molar-refractivity contribution in [3.05, 3.63) is 21.3 Å². The van der Waals surface area contributed by atoms with Crippen LogP contribution in [0.3, 0.4) is 0 Å². The second kappa shape index (κ2) is 7.76. The van der Waals surface area contributed by atoms with E-state index in [2.05, 4.69) is 5.32 Å². The number of carbonyl (C=O) groups is 2. The molecule has 0 atom stereocenters. The summed E-state index contributed by atoms with van der Waals surface area (Å²) in [4.78, 5) is 24.1. The number of rotatable bonds is 8. The Hall–Kier alpha value is -0.910. The molecular weight excluding hydrogens is 298 g/mol. The molecule has 1 aromatic rings. The van der Waals surface area contributed by atoms with Crippen molar-refractivity contribution in [1.29, 1.82) is 0 Å². The van der Waals surface area contributed by atoms with Crippen LogP contribution in [0.2, 0.25) is 4.34 Å². The average molecular weight is 318 g/mol. The summed E-state index contributed by atoms with van der Waals surface area (Å²) >= 11 is 6.99. The Kier molecular flexibility index (Phi) is 6.65. The highest BCUT2D eigenvalue weighted by atomic mass is 35.5. The molecule has 20 heavy (non-hydrogen) atoms. The summed E-state index contributed by atoms with van der Waals surface area (Å²) in [5, 5.41) is 11.7. The van der Waals surface area contributed by atoms with Crippen LogP contribution in [-0.2, 0) is 4.79 Å². The summed E-state index contributed by atoms with van der Waals surface area (Å²) in [6.07, 6.45) is 0.979. The van der Waals surface area contributed by atoms with E-state index in [4.69, 9.17) is 16.7 Å². The van der Waals surface area contributed by atoms with Crippen LogP contribution in [-0.4, -0.2) is 29.9 Å². The lowest BCUT2D eigenvalue weighted by Gasteiger charge is -2.23. The lowest BCUT2D eigenvalue weighted by molar-refractivity contribution is -0.121. The Labute approximate surface area is 128 Å². The van der Waals surface area contributed by atoms with E-state index in [9.17, 15) is 9.59 Å². The summed E-state index contributed by atoms with van der Waals surface area (Å²) in [5.41, 5.74) is -0.143. The number of aliphatic hydroxyl groups excluding tert-OH is 1. The van der Waals surface area contributed by atoms with Gasteiger partial charge >= 0.3 is 0 Å². The predicted octanol–water partition coefficient (Wildman–Crippen LogP) is 2.89. The van der Waals surface area contributed by atoms with Gasteiger partial charge in [-0.3, -0.25) is 9.59 Å². The minimum Gasteiger partial charge on any atom is -0.396 e. The fourth-order valence-electron chi connectivity index (χ4n) is 1.63. The van der Waals surface area contributed by atoms with Gasteiger partial charge in [-0.1, -0.05) is 25.4 Å². The number of hydrogen-bond donors (Lipinski definition) is 2. The van der Waals surface area contributed by atoms with E-state index in [1.54, 1.807) is 12.1 Å². The maximum absolute atomic E-state index is 11.8. The van der Waals surface area contributed by atoms with Crippen molar-refractivity contribution in [2.75, 3.05) is 13.2 Å². The van der Waals surface area contributed by atoms with Crippen molar-refractivity contribution in [3.8, 4) is 0 Å². The molecule has 0 unspecified atom stereocenters. The fraction of sp³-hybridized carbons (Fsp3) is 0.571. The number of nitrogens with one attached hydrogen (secondary N) is 1. The topological polar surface area (TPSA) is 66.4 Å². The SMILES string of the molecule is CC(C)(CCO)CNC(=O)CCC(=O)c1ccc(Cl)s1. The molecule has 0 aliphatic carbocycles. The monoisotopic (exact) mass is 317 g/mol. The molecule has 1 heterocycles. The first-order valence-corrected chi connectivity index (χ1v) is 7.69. The number of halogens is 1. The summed E-state index contributed by atoms with van der Waals surface area (Å²) in [6, 6.07) is 3.36. The summed E-state index contributed by atoms with van der Waals surface area (Å²) in [6.45, 7) is 4.54. The molecule has 112 valence electrons. The van der Waals surface area contributed by atoms with Crippen molar-refractivity contribution in [2.24, 2.45) is 5.41 Å². The Morgan fingerprint density at radius 2 is 2.05 bits per heavy atom. The Bertz CT molecular complexity index is 471. The van der Waals surface area contributed by atoms with Crippen LogP contribution in [0, 0.1) is 5.41 Å². The number of thiophene rings is 1. The number of aliphatic hydroxyl groups is 1. The third-order valence-corrected chi connectivity index (χ3v) is 4.25. The second-order valence-corrected chi connectivity index (χ2v) is 7.16. The molecule has 0 radical (unpaired) electrons. The van der Waals surface area contributed by atoms with Crippen LogP contribution in [0.4, 0.5) is 0 Å². The van der Waals surface area contributed by atoms with E-state index >= 15 is 0 Å². The maximum atomic E-state index is 11.8. The second-order valence-electron chi connectivity index (χ2n) is 5.44. The van der Waals surface area contributed by atoms with E-state index in [1.165, 1.54) is 11.3 Å². The van der Waals surface area contributed by atoms with Crippen molar-refractivity contribution < 1.29 is 14.7 Å². The highest BCUT2D eigenvalue weighted by molar-refractivity contribution is 7.18. The molecule has 0 spiro atoms. The molecule has 1 amide bonds. The largest absolute Gasteiger partial charge is 0.396 e. The van der Waals surface area contributed by atoms with Crippen molar-refractivity contribution in [2.45, 2.75) is 33.1 Å². The van der Waals surface area contributed by atoms with Gasteiger partial charge in [-0.15, -0.1) is 11.3 Å². The molecule has 0 saturated carbocycles. The molecule has 0 aromatic carbocycles. The molecule has 4 nitrogen and oxygen atoms in total. The Morgan fingerprint density at radius 1 is 1.35 bits per heavy atom. The van der Waals surface area contributed by atoms with Gasteiger partial charge in [0.2, 0.25) is 5.91 Å². The molecule has 1 rings (SSSR count). The standard InChI is InChI=1S/C14H20ClNO3S/c1-14(2,7-8-17)9-16-13(19)6-3-10(18)11-4-5-12(15)20-11/h4-5,17H,3,6-9H2,1-2H3,(H,16,19). The first-order valence-electron chi connectivity index (χ1n) is 6.50. The minimum atomic E-state index is -0.146. The maximum Gasteiger partial charge on any atom is 0.220 e. The quantitative estimate of drug-likeness (QED) is 0.724. The number of amides is 1. The molecule has 1 aromatic heterocycles. The molecular formula is C14H20ClNO3S. The van der Waals surface area contributed by atoms with Gasteiger partial charge < -0.3 is 10.4 Å². The highest BCUT2D eigenvalue weighted by Gasteiger charge is 2.18. The van der Waals surface area contributed by atoms with Gasteiger partial charge in [-0.05, 0) is 24.0 Å². The van der Waals surface area contributed by atoms with E-state index in [0.29, 0.717) is 22.2 Å². The van der Waals surface area contributed by atoms with Gasteiger partial charge in [0.25, 0.3) is 0 Å². The number of ketones is 1. The normalized spacial score (nSPS) is 11.4. The molecule has 0 saturated heterocycles. The lowest BCUT2D eigenvalue weighted by Crippen LogP contribution is -2.34. The van der Waals surface area contributed by atoms with Gasteiger partial charge in [0.1, 0.15) is 0 Å². The number of hydrogen-bond acceptors (Lipinski definition) is 4. The summed E-state index contributed by atoms with van der Waals surface area (Å²) in [7, 11) is 0. The number of carbonyl (C=O) groups excluding carboxylic acids is 2. The predicted molar refractivity (Wildman–Crippen MR) is 81.4 cm³/mol. The molecule has 0 bridgehead atoms. The van der Waals surface area contributed by atoms with Gasteiger partial charge in [-0.25, -0.2) is 0 Å². The van der Waals surface area contributed by atoms with Crippen LogP contribution >= 0.6 is 22.9 Å². The van der Waals surface area contributed by atoms with Crippen LogP contribution in [0.15, 0.2) is 12.1 Å². The van der Waals surface area contributed by atoms with E-state index in [-0.39, 0.29) is 36.6 Å². The zero-order valence-corrected chi connectivity index (χ0v) is 13.3. The molecule has 2 N–H and O–H groups in total. The zero-order chi connectivity index (χ0) is 15.2. The average Bonchev–Trinajstić information content (AvgIpc) is 2.80. The van der Waals surface area contributed by atoms with Gasteiger partial charge in [0.15, 0.2) is 5.78 Å². The van der Waals surface area contributed by atoms with E-state index in [1.807, 2.05) is 13.8 Å². The van der Waals surface area contributed by atoms with Crippen molar-refractivity contribution >= 4 is 34.6 Å². The van der Waals surface area contributed by atoms with Crippen LogP contribution in [0.25, 0.3) is 0 Å². The van der Waals surface area contributed by atoms with Crippen LogP contribution in [0.5, 0.6) is 0 Å². The lowest BCUT2D eigenvalue weighted by atomic mass is 9.90. The van der Waals surface area contributed by atoms with Gasteiger partial charge in [0, 0.05) is 26.0 Å². The van der Waals surface area contributed by atoms with Gasteiger partial charge in [-0.2, -0.15) is 0 Å². The Balaban J connectivity index is 2.31. The minimum absolute atomic E-state index is 0.0633. The third-order valence-electron chi connectivity index (χ3n) is 2.98. The third kappa shape index (κ3) is 6.03. The highest BCUT2D eigenvalue weighted by Crippen LogP contribution is 2.23. The van der Waals surface area contributed by atoms with Crippen LogP contribution in [0.1, 0.15) is 42.8 Å². The summed E-state index contributed by atoms with van der Waals surface area (Å²) in [5.74, 6) is -0.210. The Morgan fingerprint density at radius 3 is 2.60 bits per heavy atom. The first kappa shape index (κ1) is 17.1. The smallest absolute Gasteiger partial charge is 0.220 e. The zero-order valence-electron chi connectivity index (χ0n) is 11.7. The fourth-order valence-corrected chi connectivity index (χ4v) is 2.64. The molecule has 0 aliphatic heterocycles. The van der Waals surface area contributed by atoms with Crippen molar-refractivity contribution in [3.63, 3.8) is 0 Å². The molecule has 6 heteroatoms. The van der Waals surface area contributed by atoms with E-state index < -0.39 is 0 Å².